The van der Waals surface area contributed by atoms with E-state index in [9.17, 15) is 4.39 Å². The molecule has 1 aromatic heterocycles. The monoisotopic (exact) mass is 263 g/mol. The van der Waals surface area contributed by atoms with Crippen molar-refractivity contribution in [1.29, 1.82) is 0 Å². The molecule has 1 aliphatic rings. The molecular formula is C13H14FN3O2. The maximum atomic E-state index is 13.3. The van der Waals surface area contributed by atoms with Gasteiger partial charge in [0.15, 0.2) is 11.6 Å². The molecule has 5 nitrogen and oxygen atoms in total. The molecule has 2 heterocycles. The van der Waals surface area contributed by atoms with Gasteiger partial charge in [-0.15, -0.1) is 0 Å². The topological polar surface area (TPSA) is 60.2 Å². The number of halogens is 1. The molecule has 100 valence electrons. The summed E-state index contributed by atoms with van der Waals surface area (Å²) in [6, 6.07) is 4.51. The van der Waals surface area contributed by atoms with E-state index in [0.717, 1.165) is 19.5 Å². The molecule has 1 aliphatic heterocycles. The van der Waals surface area contributed by atoms with Gasteiger partial charge in [0.2, 0.25) is 11.7 Å². The Balaban J connectivity index is 1.81. The summed E-state index contributed by atoms with van der Waals surface area (Å²) < 4.78 is 23.5. The van der Waals surface area contributed by atoms with E-state index < -0.39 is 5.82 Å². The van der Waals surface area contributed by atoms with E-state index in [0.29, 0.717) is 23.2 Å². The van der Waals surface area contributed by atoms with Crippen molar-refractivity contribution in [2.75, 3.05) is 20.2 Å². The van der Waals surface area contributed by atoms with E-state index in [-0.39, 0.29) is 5.75 Å². The van der Waals surface area contributed by atoms with Gasteiger partial charge in [-0.2, -0.15) is 4.98 Å². The molecule has 1 N–H and O–H groups in total. The van der Waals surface area contributed by atoms with Crippen LogP contribution in [0.2, 0.25) is 0 Å². The van der Waals surface area contributed by atoms with Crippen molar-refractivity contribution in [1.82, 2.24) is 15.5 Å². The highest BCUT2D eigenvalue weighted by Gasteiger charge is 2.20. The van der Waals surface area contributed by atoms with Crippen molar-refractivity contribution in [2.24, 2.45) is 5.92 Å². The molecule has 0 bridgehead atoms. The second-order valence-corrected chi connectivity index (χ2v) is 4.59. The van der Waals surface area contributed by atoms with Crippen molar-refractivity contribution in [3.05, 3.63) is 29.9 Å². The lowest BCUT2D eigenvalue weighted by Gasteiger charge is -2.25. The summed E-state index contributed by atoms with van der Waals surface area (Å²) in [5.74, 6) is 1.41. The van der Waals surface area contributed by atoms with Gasteiger partial charge in [-0.05, 0) is 37.2 Å². The molecular weight excluding hydrogens is 249 g/mol. The fourth-order valence-electron chi connectivity index (χ4n) is 1.99. The highest BCUT2D eigenvalue weighted by molar-refractivity contribution is 5.57. The molecule has 0 amide bonds. The van der Waals surface area contributed by atoms with Gasteiger partial charge in [-0.25, -0.2) is 4.39 Å². The molecule has 6 heteroatoms. The van der Waals surface area contributed by atoms with Crippen LogP contribution in [-0.2, 0) is 6.42 Å². The lowest BCUT2D eigenvalue weighted by atomic mass is 10.00. The van der Waals surface area contributed by atoms with Crippen LogP contribution in [0.4, 0.5) is 4.39 Å². The van der Waals surface area contributed by atoms with Gasteiger partial charge in [-0.1, -0.05) is 5.16 Å². The second kappa shape index (κ2) is 4.97. The summed E-state index contributed by atoms with van der Waals surface area (Å²) in [5, 5.41) is 7.11. The van der Waals surface area contributed by atoms with Gasteiger partial charge in [0.25, 0.3) is 0 Å². The minimum Gasteiger partial charge on any atom is -0.494 e. The van der Waals surface area contributed by atoms with Gasteiger partial charge in [0.1, 0.15) is 0 Å². The van der Waals surface area contributed by atoms with E-state index in [1.54, 1.807) is 12.1 Å². The first-order valence-corrected chi connectivity index (χ1v) is 6.13. The van der Waals surface area contributed by atoms with Gasteiger partial charge in [0, 0.05) is 12.0 Å². The van der Waals surface area contributed by atoms with Crippen molar-refractivity contribution < 1.29 is 13.7 Å². The van der Waals surface area contributed by atoms with Gasteiger partial charge in [-0.3, -0.25) is 0 Å². The average Bonchev–Trinajstić information content (AvgIpc) is 2.83. The predicted molar refractivity (Wildman–Crippen MR) is 66.3 cm³/mol. The first-order chi connectivity index (χ1) is 9.26. The first kappa shape index (κ1) is 12.1. The third kappa shape index (κ3) is 2.44. The molecule has 0 saturated carbocycles. The van der Waals surface area contributed by atoms with E-state index >= 15 is 0 Å². The van der Waals surface area contributed by atoms with Crippen molar-refractivity contribution >= 4 is 0 Å². The SMILES string of the molecule is COc1cc(-c2noc(CC3CNC3)n2)ccc1F. The Morgan fingerprint density at radius 1 is 1.47 bits per heavy atom. The Morgan fingerprint density at radius 2 is 2.32 bits per heavy atom. The average molecular weight is 263 g/mol. The number of hydrogen-bond donors (Lipinski definition) is 1. The quantitative estimate of drug-likeness (QED) is 0.908. The zero-order chi connectivity index (χ0) is 13.2. The van der Waals surface area contributed by atoms with Crippen LogP contribution >= 0.6 is 0 Å². The molecule has 1 aromatic carbocycles. The molecule has 0 spiro atoms. The smallest absolute Gasteiger partial charge is 0.227 e. The Kier molecular flexibility index (Phi) is 3.16. The normalized spacial score (nSPS) is 15.3. The van der Waals surface area contributed by atoms with Crippen molar-refractivity contribution in [3.63, 3.8) is 0 Å². The predicted octanol–water partition coefficient (Wildman–Crippen LogP) is 1.65. The second-order valence-electron chi connectivity index (χ2n) is 4.59. The third-order valence-corrected chi connectivity index (χ3v) is 3.21. The lowest BCUT2D eigenvalue weighted by molar-refractivity contribution is 0.296. The molecule has 2 aromatic rings. The number of benzene rings is 1. The van der Waals surface area contributed by atoms with Crippen LogP contribution in [0.5, 0.6) is 5.75 Å². The van der Waals surface area contributed by atoms with E-state index in [2.05, 4.69) is 15.5 Å². The van der Waals surface area contributed by atoms with Crippen LogP contribution in [0, 0.1) is 11.7 Å². The summed E-state index contributed by atoms with van der Waals surface area (Å²) in [6.45, 7) is 1.98. The van der Waals surface area contributed by atoms with E-state index in [1.165, 1.54) is 13.2 Å². The third-order valence-electron chi connectivity index (χ3n) is 3.21. The molecule has 1 saturated heterocycles. The van der Waals surface area contributed by atoms with Crippen LogP contribution < -0.4 is 10.1 Å². The molecule has 0 radical (unpaired) electrons. The minimum atomic E-state index is -0.407. The van der Waals surface area contributed by atoms with Crippen LogP contribution in [0.1, 0.15) is 5.89 Å². The lowest BCUT2D eigenvalue weighted by Crippen LogP contribution is -2.43. The fraction of sp³-hybridized carbons (Fsp3) is 0.385. The minimum absolute atomic E-state index is 0.173. The van der Waals surface area contributed by atoms with Gasteiger partial charge < -0.3 is 14.6 Å². The largest absolute Gasteiger partial charge is 0.494 e. The number of nitrogens with one attached hydrogen (secondary N) is 1. The Bertz CT molecular complexity index is 581. The fourth-order valence-corrected chi connectivity index (χ4v) is 1.99. The molecule has 19 heavy (non-hydrogen) atoms. The Morgan fingerprint density at radius 3 is 3.00 bits per heavy atom. The standard InChI is InChI=1S/C13H14FN3O2/c1-18-11-5-9(2-3-10(11)14)13-16-12(19-17-13)4-8-6-15-7-8/h2-3,5,8,15H,4,6-7H2,1H3. The Hall–Kier alpha value is -1.95. The van der Waals surface area contributed by atoms with Crippen molar-refractivity contribution in [3.8, 4) is 17.1 Å². The van der Waals surface area contributed by atoms with Crippen LogP contribution in [0.15, 0.2) is 22.7 Å². The number of rotatable bonds is 4. The van der Waals surface area contributed by atoms with Gasteiger partial charge >= 0.3 is 0 Å². The molecule has 0 unspecified atom stereocenters. The summed E-state index contributed by atoms with van der Waals surface area (Å²) in [7, 11) is 1.42. The highest BCUT2D eigenvalue weighted by atomic mass is 19.1. The summed E-state index contributed by atoms with van der Waals surface area (Å²) in [6.07, 6.45) is 0.776. The number of aromatic nitrogens is 2. The summed E-state index contributed by atoms with van der Waals surface area (Å²) in [4.78, 5) is 4.32. The van der Waals surface area contributed by atoms with E-state index in [4.69, 9.17) is 9.26 Å². The number of methoxy groups -OCH3 is 1. The first-order valence-electron chi connectivity index (χ1n) is 6.13. The van der Waals surface area contributed by atoms with Crippen LogP contribution in [0.3, 0.4) is 0 Å². The number of nitrogens with zero attached hydrogens (tertiary/aromatic N) is 2. The molecule has 1 fully saturated rings. The van der Waals surface area contributed by atoms with Crippen LogP contribution in [-0.4, -0.2) is 30.3 Å². The highest BCUT2D eigenvalue weighted by Crippen LogP contribution is 2.24. The zero-order valence-corrected chi connectivity index (χ0v) is 10.5. The summed E-state index contributed by atoms with van der Waals surface area (Å²) >= 11 is 0. The van der Waals surface area contributed by atoms with Crippen molar-refractivity contribution in [2.45, 2.75) is 6.42 Å². The maximum Gasteiger partial charge on any atom is 0.227 e. The number of hydrogen-bond acceptors (Lipinski definition) is 5. The van der Waals surface area contributed by atoms with Crippen LogP contribution in [0.25, 0.3) is 11.4 Å². The molecule has 0 atom stereocenters. The van der Waals surface area contributed by atoms with Gasteiger partial charge in [0.05, 0.1) is 7.11 Å². The maximum absolute atomic E-state index is 13.3. The van der Waals surface area contributed by atoms with E-state index in [1.807, 2.05) is 0 Å². The molecule has 3 rings (SSSR count). The Labute approximate surface area is 109 Å². The summed E-state index contributed by atoms with van der Waals surface area (Å²) in [5.41, 5.74) is 0.681. The zero-order valence-electron chi connectivity index (χ0n) is 10.5. The number of ether oxygens (including phenoxy) is 1. The molecule has 0 aliphatic carbocycles.